The Hall–Kier alpha value is -1.75. The third-order valence-corrected chi connectivity index (χ3v) is 5.27. The highest BCUT2D eigenvalue weighted by molar-refractivity contribution is 6.30. The Kier molecular flexibility index (Phi) is 4.84. The van der Waals surface area contributed by atoms with Crippen LogP contribution in [0.15, 0.2) is 36.4 Å². The van der Waals surface area contributed by atoms with Gasteiger partial charge in [0.2, 0.25) is 0 Å². The monoisotopic (exact) mass is 358 g/mol. The van der Waals surface area contributed by atoms with Crippen LogP contribution in [-0.4, -0.2) is 42.8 Å². The lowest BCUT2D eigenvalue weighted by Gasteiger charge is -2.22. The summed E-state index contributed by atoms with van der Waals surface area (Å²) in [5.41, 5.74) is 3.01. The van der Waals surface area contributed by atoms with Crippen molar-refractivity contribution in [3.63, 3.8) is 0 Å². The maximum atomic E-state index is 10.5. The number of nitrogens with one attached hydrogen (secondary N) is 1. The van der Waals surface area contributed by atoms with Crippen molar-refractivity contribution >= 4 is 11.6 Å². The number of nitrogens with zero attached hydrogens (tertiary/aromatic N) is 1. The van der Waals surface area contributed by atoms with Crippen LogP contribution in [0.2, 0.25) is 5.02 Å². The zero-order chi connectivity index (χ0) is 17.2. The zero-order valence-electron chi connectivity index (χ0n) is 14.2. The number of aromatic hydroxyl groups is 1. The van der Waals surface area contributed by atoms with Crippen LogP contribution in [0.4, 0.5) is 0 Å². The molecule has 5 heteroatoms. The average molecular weight is 359 g/mol. The Labute approximate surface area is 153 Å². The smallest absolute Gasteiger partial charge is 0.165 e. The van der Waals surface area contributed by atoms with Gasteiger partial charge in [0, 0.05) is 30.2 Å². The number of ether oxygens (including phenoxy) is 1. The standard InChI is InChI=1S/C20H23ClN2O2/c21-18-3-1-2-15(9-18)16-8-17-13-23(12-14-4-5-22-11-14)6-7-25-20(17)19(24)10-16/h1-3,8-10,14,22,24H,4-7,11-13H2. The molecule has 2 aliphatic heterocycles. The van der Waals surface area contributed by atoms with E-state index in [-0.39, 0.29) is 5.75 Å². The summed E-state index contributed by atoms with van der Waals surface area (Å²) < 4.78 is 5.86. The Bertz CT molecular complexity index is 759. The Morgan fingerprint density at radius 1 is 1.24 bits per heavy atom. The summed E-state index contributed by atoms with van der Waals surface area (Å²) >= 11 is 6.12. The van der Waals surface area contributed by atoms with Gasteiger partial charge in [-0.15, -0.1) is 0 Å². The summed E-state index contributed by atoms with van der Waals surface area (Å²) in [6.07, 6.45) is 1.23. The first-order chi connectivity index (χ1) is 12.2. The highest BCUT2D eigenvalue weighted by atomic mass is 35.5. The van der Waals surface area contributed by atoms with Crippen LogP contribution in [0.3, 0.4) is 0 Å². The fourth-order valence-electron chi connectivity index (χ4n) is 3.78. The topological polar surface area (TPSA) is 44.7 Å². The van der Waals surface area contributed by atoms with E-state index >= 15 is 0 Å². The van der Waals surface area contributed by atoms with Gasteiger partial charge in [0.05, 0.1) is 0 Å². The molecule has 0 spiro atoms. The van der Waals surface area contributed by atoms with Crippen molar-refractivity contribution in [2.24, 2.45) is 5.92 Å². The Morgan fingerprint density at radius 2 is 2.16 bits per heavy atom. The molecule has 132 valence electrons. The van der Waals surface area contributed by atoms with Crippen molar-refractivity contribution in [1.29, 1.82) is 0 Å². The molecular weight excluding hydrogens is 336 g/mol. The normalized spacial score (nSPS) is 20.8. The first-order valence-electron chi connectivity index (χ1n) is 8.87. The van der Waals surface area contributed by atoms with E-state index in [1.807, 2.05) is 24.3 Å². The molecule has 2 N–H and O–H groups in total. The van der Waals surface area contributed by atoms with Crippen LogP contribution in [0.25, 0.3) is 11.1 Å². The molecular formula is C20H23ClN2O2. The van der Waals surface area contributed by atoms with Crippen LogP contribution in [0.1, 0.15) is 12.0 Å². The van der Waals surface area contributed by atoms with Crippen molar-refractivity contribution in [2.45, 2.75) is 13.0 Å². The molecule has 2 aliphatic rings. The van der Waals surface area contributed by atoms with E-state index in [9.17, 15) is 5.11 Å². The molecule has 0 bridgehead atoms. The molecule has 2 aromatic rings. The van der Waals surface area contributed by atoms with E-state index in [0.29, 0.717) is 23.3 Å². The molecule has 25 heavy (non-hydrogen) atoms. The van der Waals surface area contributed by atoms with Gasteiger partial charge in [-0.3, -0.25) is 4.90 Å². The van der Waals surface area contributed by atoms with Crippen molar-refractivity contribution in [3.8, 4) is 22.6 Å². The number of fused-ring (bicyclic) bond motifs is 1. The fraction of sp³-hybridized carbons (Fsp3) is 0.400. The Morgan fingerprint density at radius 3 is 2.96 bits per heavy atom. The van der Waals surface area contributed by atoms with E-state index < -0.39 is 0 Å². The number of hydrogen-bond donors (Lipinski definition) is 2. The number of halogens is 1. The van der Waals surface area contributed by atoms with E-state index in [2.05, 4.69) is 16.3 Å². The van der Waals surface area contributed by atoms with Crippen LogP contribution in [-0.2, 0) is 6.54 Å². The van der Waals surface area contributed by atoms with Crippen LogP contribution < -0.4 is 10.1 Å². The van der Waals surface area contributed by atoms with Crippen molar-refractivity contribution < 1.29 is 9.84 Å². The molecule has 1 atom stereocenters. The summed E-state index contributed by atoms with van der Waals surface area (Å²) in [5.74, 6) is 1.53. The third kappa shape index (κ3) is 3.76. The first-order valence-corrected chi connectivity index (χ1v) is 9.24. The summed E-state index contributed by atoms with van der Waals surface area (Å²) in [6, 6.07) is 11.6. The van der Waals surface area contributed by atoms with Gasteiger partial charge < -0.3 is 15.2 Å². The highest BCUT2D eigenvalue weighted by Gasteiger charge is 2.23. The second-order valence-electron chi connectivity index (χ2n) is 6.94. The van der Waals surface area contributed by atoms with Crippen LogP contribution in [0, 0.1) is 5.92 Å². The quantitative estimate of drug-likeness (QED) is 0.881. The van der Waals surface area contributed by atoms with Crippen LogP contribution >= 0.6 is 11.6 Å². The molecule has 2 aromatic carbocycles. The SMILES string of the molecule is Oc1cc(-c2cccc(Cl)c2)cc2c1OCCN(CC1CCNC1)C2. The minimum atomic E-state index is 0.205. The third-order valence-electron chi connectivity index (χ3n) is 5.03. The molecule has 4 nitrogen and oxygen atoms in total. The summed E-state index contributed by atoms with van der Waals surface area (Å²) in [7, 11) is 0. The molecule has 2 heterocycles. The summed E-state index contributed by atoms with van der Waals surface area (Å²) in [4.78, 5) is 2.44. The van der Waals surface area contributed by atoms with Gasteiger partial charge in [0.15, 0.2) is 11.5 Å². The van der Waals surface area contributed by atoms with Gasteiger partial charge in [-0.05, 0) is 60.8 Å². The van der Waals surface area contributed by atoms with Crippen LogP contribution in [0.5, 0.6) is 11.5 Å². The number of benzene rings is 2. The maximum Gasteiger partial charge on any atom is 0.165 e. The van der Waals surface area contributed by atoms with Gasteiger partial charge in [-0.1, -0.05) is 23.7 Å². The van der Waals surface area contributed by atoms with E-state index in [1.165, 1.54) is 6.42 Å². The largest absolute Gasteiger partial charge is 0.504 e. The summed E-state index contributed by atoms with van der Waals surface area (Å²) in [6.45, 7) is 5.57. The molecule has 0 saturated carbocycles. The molecule has 0 aromatic heterocycles. The van der Waals surface area contributed by atoms with E-state index in [0.717, 1.165) is 49.4 Å². The van der Waals surface area contributed by atoms with E-state index in [1.54, 1.807) is 6.07 Å². The van der Waals surface area contributed by atoms with Gasteiger partial charge >= 0.3 is 0 Å². The lowest BCUT2D eigenvalue weighted by molar-refractivity contribution is 0.201. The minimum absolute atomic E-state index is 0.205. The highest BCUT2D eigenvalue weighted by Crippen LogP contribution is 2.38. The minimum Gasteiger partial charge on any atom is -0.504 e. The number of phenols is 1. The first kappa shape index (κ1) is 16.7. The van der Waals surface area contributed by atoms with Gasteiger partial charge in [0.1, 0.15) is 6.61 Å². The fourth-order valence-corrected chi connectivity index (χ4v) is 3.97. The molecule has 1 unspecified atom stereocenters. The predicted octanol–water partition coefficient (Wildman–Crippen LogP) is 3.52. The predicted molar refractivity (Wildman–Crippen MR) is 100 cm³/mol. The van der Waals surface area contributed by atoms with Crippen molar-refractivity contribution in [2.75, 3.05) is 32.8 Å². The molecule has 0 aliphatic carbocycles. The number of rotatable bonds is 3. The lowest BCUT2D eigenvalue weighted by Crippen LogP contribution is -2.32. The van der Waals surface area contributed by atoms with Gasteiger partial charge in [-0.25, -0.2) is 0 Å². The van der Waals surface area contributed by atoms with Gasteiger partial charge in [0.25, 0.3) is 0 Å². The molecule has 1 saturated heterocycles. The second-order valence-corrected chi connectivity index (χ2v) is 7.37. The van der Waals surface area contributed by atoms with Crippen molar-refractivity contribution in [1.82, 2.24) is 10.2 Å². The molecule has 0 radical (unpaired) electrons. The average Bonchev–Trinajstić information content (AvgIpc) is 3.01. The lowest BCUT2D eigenvalue weighted by atomic mass is 10.0. The molecule has 1 fully saturated rings. The van der Waals surface area contributed by atoms with Gasteiger partial charge in [-0.2, -0.15) is 0 Å². The second kappa shape index (κ2) is 7.24. The number of hydrogen-bond acceptors (Lipinski definition) is 4. The summed E-state index contributed by atoms with van der Waals surface area (Å²) in [5, 5.41) is 14.6. The molecule has 0 amide bonds. The van der Waals surface area contributed by atoms with E-state index in [4.69, 9.17) is 16.3 Å². The maximum absolute atomic E-state index is 10.5. The van der Waals surface area contributed by atoms with Crippen molar-refractivity contribution in [3.05, 3.63) is 47.0 Å². The Balaban J connectivity index is 1.62. The zero-order valence-corrected chi connectivity index (χ0v) is 14.9. The molecule has 4 rings (SSSR count). The number of phenolic OH excluding ortho intramolecular Hbond substituents is 1.